The summed E-state index contributed by atoms with van der Waals surface area (Å²) in [5, 5.41) is 19.7. The first-order chi connectivity index (χ1) is 14.3. The molecule has 3 rings (SSSR count). The molecule has 0 aromatic heterocycles. The Labute approximate surface area is 173 Å². The molecular formula is C20H18N4O5S. The molecule has 0 saturated carbocycles. The molecule has 1 amide bonds. The maximum Gasteiger partial charge on any atom is 0.270 e. The summed E-state index contributed by atoms with van der Waals surface area (Å²) < 4.78 is 26.8. The third kappa shape index (κ3) is 4.71. The third-order valence-corrected chi connectivity index (χ3v) is 6.58. The fourth-order valence-corrected chi connectivity index (χ4v) is 4.44. The molecule has 10 heteroatoms. The number of hydrogen-bond acceptors (Lipinski definition) is 6. The Bertz CT molecular complexity index is 1130. The summed E-state index contributed by atoms with van der Waals surface area (Å²) in [4.78, 5) is 24.3. The topological polar surface area (TPSA) is 125 Å². The van der Waals surface area contributed by atoms with Crippen molar-refractivity contribution in [1.82, 2.24) is 9.21 Å². The molecule has 0 aliphatic carbocycles. The molecule has 0 atom stereocenters. The van der Waals surface area contributed by atoms with Crippen molar-refractivity contribution in [3.63, 3.8) is 0 Å². The lowest BCUT2D eigenvalue weighted by molar-refractivity contribution is -0.384. The van der Waals surface area contributed by atoms with E-state index in [-0.39, 0.29) is 42.7 Å². The van der Waals surface area contributed by atoms with Crippen LogP contribution in [0.3, 0.4) is 0 Å². The number of nitrogens with zero attached hydrogens (tertiary/aromatic N) is 4. The van der Waals surface area contributed by atoms with E-state index in [0.29, 0.717) is 11.1 Å². The molecule has 1 fully saturated rings. The molecule has 0 bridgehead atoms. The smallest absolute Gasteiger partial charge is 0.270 e. The van der Waals surface area contributed by atoms with E-state index >= 15 is 0 Å². The fourth-order valence-electron chi connectivity index (χ4n) is 3.01. The number of carbonyl (C=O) groups excluding carboxylic acids is 1. The second-order valence-electron chi connectivity index (χ2n) is 6.55. The summed E-state index contributed by atoms with van der Waals surface area (Å²) in [5.74, 6) is -0.295. The number of amides is 1. The highest BCUT2D eigenvalue weighted by atomic mass is 32.2. The summed E-state index contributed by atoms with van der Waals surface area (Å²) in [5.41, 5.74) is 0.839. The molecule has 1 heterocycles. The SMILES string of the molecule is N#Cc1ccc(S(=O)(=O)N2CCN(C(=O)/C=C/c3cccc([N+](=O)[O-])c3)CC2)cc1. The predicted octanol–water partition coefficient (Wildman–Crippen LogP) is 2.01. The first kappa shape index (κ1) is 21.2. The lowest BCUT2D eigenvalue weighted by Crippen LogP contribution is -2.50. The van der Waals surface area contributed by atoms with Gasteiger partial charge < -0.3 is 4.90 Å². The molecule has 2 aromatic carbocycles. The molecule has 30 heavy (non-hydrogen) atoms. The molecule has 1 aliphatic heterocycles. The van der Waals surface area contributed by atoms with Gasteiger partial charge in [-0.05, 0) is 35.9 Å². The zero-order valence-corrected chi connectivity index (χ0v) is 16.7. The molecule has 1 aliphatic rings. The Hall–Kier alpha value is -3.55. The zero-order valence-electron chi connectivity index (χ0n) is 15.8. The predicted molar refractivity (Wildman–Crippen MR) is 109 cm³/mol. The second kappa shape index (κ2) is 8.86. The zero-order chi connectivity index (χ0) is 21.7. The number of hydrogen-bond donors (Lipinski definition) is 0. The summed E-state index contributed by atoms with van der Waals surface area (Å²) in [6, 6.07) is 13.6. The van der Waals surface area contributed by atoms with Crippen molar-refractivity contribution < 1.29 is 18.1 Å². The molecule has 0 radical (unpaired) electrons. The van der Waals surface area contributed by atoms with Gasteiger partial charge in [0.15, 0.2) is 0 Å². The fraction of sp³-hybridized carbons (Fsp3) is 0.200. The van der Waals surface area contributed by atoms with Crippen molar-refractivity contribution in [1.29, 1.82) is 5.26 Å². The van der Waals surface area contributed by atoms with Gasteiger partial charge in [-0.2, -0.15) is 9.57 Å². The van der Waals surface area contributed by atoms with Gasteiger partial charge in [-0.1, -0.05) is 12.1 Å². The summed E-state index contributed by atoms with van der Waals surface area (Å²) in [7, 11) is -3.70. The standard InChI is InChI=1S/C20H18N4O5S/c21-15-17-4-7-19(8-5-17)30(28,29)23-12-10-22(11-13-23)20(25)9-6-16-2-1-3-18(14-16)24(26)27/h1-9,14H,10-13H2/b9-6+. The molecule has 0 N–H and O–H groups in total. The second-order valence-corrected chi connectivity index (χ2v) is 8.49. The van der Waals surface area contributed by atoms with Gasteiger partial charge in [0.2, 0.25) is 15.9 Å². The highest BCUT2D eigenvalue weighted by molar-refractivity contribution is 7.89. The molecule has 9 nitrogen and oxygen atoms in total. The van der Waals surface area contributed by atoms with E-state index in [2.05, 4.69) is 0 Å². The molecule has 2 aromatic rings. The number of rotatable bonds is 5. The molecule has 0 unspecified atom stereocenters. The highest BCUT2D eigenvalue weighted by Crippen LogP contribution is 2.19. The Morgan fingerprint density at radius 1 is 1.10 bits per heavy atom. The van der Waals surface area contributed by atoms with Crippen LogP contribution >= 0.6 is 0 Å². The van der Waals surface area contributed by atoms with Gasteiger partial charge >= 0.3 is 0 Å². The minimum Gasteiger partial charge on any atom is -0.337 e. The van der Waals surface area contributed by atoms with Crippen molar-refractivity contribution in [2.75, 3.05) is 26.2 Å². The van der Waals surface area contributed by atoms with Gasteiger partial charge in [-0.25, -0.2) is 8.42 Å². The number of piperazine rings is 1. The first-order valence-corrected chi connectivity index (χ1v) is 10.5. The van der Waals surface area contributed by atoms with Gasteiger partial charge in [-0.3, -0.25) is 14.9 Å². The van der Waals surface area contributed by atoms with Gasteiger partial charge in [-0.15, -0.1) is 0 Å². The highest BCUT2D eigenvalue weighted by Gasteiger charge is 2.29. The van der Waals surface area contributed by atoms with Crippen LogP contribution in [0.15, 0.2) is 59.5 Å². The van der Waals surface area contributed by atoms with Gasteiger partial charge in [0.25, 0.3) is 5.69 Å². The number of benzene rings is 2. The average Bonchev–Trinajstić information content (AvgIpc) is 2.77. The van der Waals surface area contributed by atoms with Gasteiger partial charge in [0.05, 0.1) is 21.5 Å². The van der Waals surface area contributed by atoms with E-state index in [1.165, 1.54) is 63.8 Å². The number of nitro groups is 1. The van der Waals surface area contributed by atoms with E-state index < -0.39 is 14.9 Å². The van der Waals surface area contributed by atoms with E-state index in [4.69, 9.17) is 5.26 Å². The van der Waals surface area contributed by atoms with Crippen molar-refractivity contribution in [2.24, 2.45) is 0 Å². The Balaban J connectivity index is 1.62. The van der Waals surface area contributed by atoms with Crippen LogP contribution in [-0.4, -0.2) is 54.6 Å². The van der Waals surface area contributed by atoms with E-state index in [0.717, 1.165) is 0 Å². The number of nitriles is 1. The van der Waals surface area contributed by atoms with Crippen molar-refractivity contribution in [2.45, 2.75) is 4.90 Å². The minimum atomic E-state index is -3.70. The van der Waals surface area contributed by atoms with Gasteiger partial charge in [0.1, 0.15) is 0 Å². The van der Waals surface area contributed by atoms with E-state index in [1.54, 1.807) is 6.07 Å². The van der Waals surface area contributed by atoms with Crippen LogP contribution in [-0.2, 0) is 14.8 Å². The lowest BCUT2D eigenvalue weighted by atomic mass is 10.2. The van der Waals surface area contributed by atoms with Gasteiger partial charge in [0, 0.05) is 44.4 Å². The van der Waals surface area contributed by atoms with Crippen molar-refractivity contribution >= 4 is 27.7 Å². The maximum absolute atomic E-state index is 12.7. The number of nitro benzene ring substituents is 1. The number of non-ortho nitro benzene ring substituents is 1. The lowest BCUT2D eigenvalue weighted by Gasteiger charge is -2.33. The minimum absolute atomic E-state index is 0.0637. The summed E-state index contributed by atoms with van der Waals surface area (Å²) >= 11 is 0. The molecule has 154 valence electrons. The van der Waals surface area contributed by atoms with Crippen LogP contribution in [0.2, 0.25) is 0 Å². The first-order valence-electron chi connectivity index (χ1n) is 9.03. The Morgan fingerprint density at radius 2 is 1.77 bits per heavy atom. The summed E-state index contributed by atoms with van der Waals surface area (Å²) in [6.07, 6.45) is 2.82. The van der Waals surface area contributed by atoms with Crippen LogP contribution in [0.4, 0.5) is 5.69 Å². The Kier molecular flexibility index (Phi) is 6.25. The number of carbonyl (C=O) groups is 1. The third-order valence-electron chi connectivity index (χ3n) is 4.67. The summed E-state index contributed by atoms with van der Waals surface area (Å²) in [6.45, 7) is 0.763. The van der Waals surface area contributed by atoms with Crippen LogP contribution in [0.1, 0.15) is 11.1 Å². The molecule has 1 saturated heterocycles. The van der Waals surface area contributed by atoms with Crippen LogP contribution in [0.25, 0.3) is 6.08 Å². The van der Waals surface area contributed by atoms with Crippen molar-refractivity contribution in [3.05, 3.63) is 75.8 Å². The monoisotopic (exact) mass is 426 g/mol. The normalized spacial score (nSPS) is 15.1. The van der Waals surface area contributed by atoms with E-state index in [1.807, 2.05) is 6.07 Å². The van der Waals surface area contributed by atoms with Crippen LogP contribution in [0, 0.1) is 21.4 Å². The Morgan fingerprint density at radius 3 is 2.37 bits per heavy atom. The quantitative estimate of drug-likeness (QED) is 0.409. The largest absolute Gasteiger partial charge is 0.337 e. The molecule has 0 spiro atoms. The van der Waals surface area contributed by atoms with Crippen molar-refractivity contribution in [3.8, 4) is 6.07 Å². The van der Waals surface area contributed by atoms with Crippen LogP contribution in [0.5, 0.6) is 0 Å². The molecular weight excluding hydrogens is 408 g/mol. The average molecular weight is 426 g/mol. The number of sulfonamides is 1. The van der Waals surface area contributed by atoms with Crippen LogP contribution < -0.4 is 0 Å². The maximum atomic E-state index is 12.7. The van der Waals surface area contributed by atoms with E-state index in [9.17, 15) is 23.3 Å².